The predicted molar refractivity (Wildman–Crippen MR) is 73.9 cm³/mol. The number of hydrogen-bond acceptors (Lipinski definition) is 2. The summed E-state index contributed by atoms with van der Waals surface area (Å²) in [7, 11) is 0. The molecule has 1 aromatic carbocycles. The Morgan fingerprint density at radius 1 is 1.15 bits per heavy atom. The van der Waals surface area contributed by atoms with Gasteiger partial charge in [0.1, 0.15) is 4.64 Å². The Bertz CT molecular complexity index is 657. The number of aromatic amines is 1. The summed E-state index contributed by atoms with van der Waals surface area (Å²) in [5.74, 6) is 0.129. The van der Waals surface area contributed by atoms with Gasteiger partial charge in [-0.3, -0.25) is 0 Å². The van der Waals surface area contributed by atoms with Gasteiger partial charge in [0.15, 0.2) is 0 Å². The van der Waals surface area contributed by atoms with Crippen LogP contribution < -0.4 is 0 Å². The molecule has 0 atom stereocenters. The topological polar surface area (TPSA) is 28.7 Å². The van der Waals surface area contributed by atoms with Gasteiger partial charge in [-0.25, -0.2) is 4.98 Å². The Balaban J connectivity index is 2.53. The van der Waals surface area contributed by atoms with Crippen LogP contribution in [0.4, 0.5) is 13.2 Å². The number of nitrogens with one attached hydrogen (secondary N) is 1. The lowest BCUT2D eigenvalue weighted by Gasteiger charge is -2.13. The monoisotopic (exact) mass is 298 g/mol. The van der Waals surface area contributed by atoms with Gasteiger partial charge in [-0.1, -0.05) is 38.2 Å². The van der Waals surface area contributed by atoms with Crippen LogP contribution in [0.25, 0.3) is 11.3 Å². The van der Waals surface area contributed by atoms with Crippen LogP contribution >= 0.6 is 12.2 Å². The average Bonchev–Trinajstić information content (AvgIpc) is 2.37. The van der Waals surface area contributed by atoms with Crippen molar-refractivity contribution in [1.82, 2.24) is 9.97 Å². The molecule has 0 saturated carbocycles. The van der Waals surface area contributed by atoms with Crippen molar-refractivity contribution in [3.05, 3.63) is 46.4 Å². The third kappa shape index (κ3) is 2.90. The average molecular weight is 298 g/mol. The van der Waals surface area contributed by atoms with E-state index in [0.717, 1.165) is 17.7 Å². The zero-order chi connectivity index (χ0) is 14.9. The summed E-state index contributed by atoms with van der Waals surface area (Å²) >= 11 is 5.19. The normalized spacial score (nSPS) is 11.9. The maximum absolute atomic E-state index is 12.6. The maximum atomic E-state index is 12.6. The van der Waals surface area contributed by atoms with Gasteiger partial charge in [0.2, 0.25) is 0 Å². The number of nitrogens with zero attached hydrogens (tertiary/aromatic N) is 1. The molecule has 0 spiro atoms. The first-order chi connectivity index (χ1) is 9.30. The lowest BCUT2D eigenvalue weighted by molar-refractivity contribution is -0.137. The van der Waals surface area contributed by atoms with Crippen LogP contribution in [0, 0.1) is 4.64 Å². The zero-order valence-corrected chi connectivity index (χ0v) is 11.8. The Morgan fingerprint density at radius 2 is 1.75 bits per heavy atom. The summed E-state index contributed by atoms with van der Waals surface area (Å²) in [4.78, 5) is 7.00. The first-order valence-corrected chi connectivity index (χ1v) is 6.46. The SMILES string of the molecule is CC(C)c1c(-c2ccc(C(F)(F)F)cc2)[nH]cnc1=S. The van der Waals surface area contributed by atoms with E-state index < -0.39 is 11.7 Å². The van der Waals surface area contributed by atoms with E-state index in [-0.39, 0.29) is 5.92 Å². The van der Waals surface area contributed by atoms with E-state index in [1.165, 1.54) is 18.5 Å². The van der Waals surface area contributed by atoms with E-state index in [1.54, 1.807) is 0 Å². The molecule has 106 valence electrons. The molecule has 0 fully saturated rings. The fourth-order valence-corrected chi connectivity index (χ4v) is 2.40. The van der Waals surface area contributed by atoms with E-state index in [0.29, 0.717) is 15.9 Å². The fraction of sp³-hybridized carbons (Fsp3) is 0.286. The predicted octanol–water partition coefficient (Wildman–Crippen LogP) is 4.95. The van der Waals surface area contributed by atoms with Crippen molar-refractivity contribution in [2.24, 2.45) is 0 Å². The van der Waals surface area contributed by atoms with Crippen LogP contribution in [-0.4, -0.2) is 9.97 Å². The standard InChI is InChI=1S/C14H13F3N2S/c1-8(2)11-12(18-7-19-13(11)20)9-3-5-10(6-4-9)14(15,16)17/h3-8H,1-2H3,(H,18,19,20). The zero-order valence-electron chi connectivity index (χ0n) is 11.0. The summed E-state index contributed by atoms with van der Waals surface area (Å²) in [5.41, 5.74) is 1.55. The van der Waals surface area contributed by atoms with Gasteiger partial charge in [0.25, 0.3) is 0 Å². The molecule has 0 saturated heterocycles. The van der Waals surface area contributed by atoms with Crippen LogP contribution in [-0.2, 0) is 6.18 Å². The highest BCUT2D eigenvalue weighted by atomic mass is 32.1. The van der Waals surface area contributed by atoms with Gasteiger partial charge < -0.3 is 4.98 Å². The quantitative estimate of drug-likeness (QED) is 0.795. The van der Waals surface area contributed by atoms with Crippen LogP contribution in [0.1, 0.15) is 30.9 Å². The maximum Gasteiger partial charge on any atom is 0.416 e. The number of benzene rings is 1. The number of alkyl halides is 3. The van der Waals surface area contributed by atoms with Crippen LogP contribution in [0.2, 0.25) is 0 Å². The van der Waals surface area contributed by atoms with Crippen molar-refractivity contribution in [3.8, 4) is 11.3 Å². The minimum absolute atomic E-state index is 0.129. The molecule has 1 aromatic heterocycles. The molecule has 6 heteroatoms. The summed E-state index contributed by atoms with van der Waals surface area (Å²) < 4.78 is 38.1. The van der Waals surface area contributed by atoms with E-state index in [1.807, 2.05) is 13.8 Å². The van der Waals surface area contributed by atoms with E-state index >= 15 is 0 Å². The highest BCUT2D eigenvalue weighted by Crippen LogP contribution is 2.32. The minimum Gasteiger partial charge on any atom is -0.346 e. The van der Waals surface area contributed by atoms with Gasteiger partial charge in [0.05, 0.1) is 17.6 Å². The number of hydrogen-bond donors (Lipinski definition) is 1. The Kier molecular flexibility index (Phi) is 3.94. The molecule has 2 nitrogen and oxygen atoms in total. The van der Waals surface area contributed by atoms with Crippen molar-refractivity contribution >= 4 is 12.2 Å². The Morgan fingerprint density at radius 3 is 2.25 bits per heavy atom. The molecule has 1 heterocycles. The third-order valence-corrected chi connectivity index (χ3v) is 3.29. The molecule has 20 heavy (non-hydrogen) atoms. The van der Waals surface area contributed by atoms with Crippen molar-refractivity contribution < 1.29 is 13.2 Å². The minimum atomic E-state index is -4.33. The third-order valence-electron chi connectivity index (χ3n) is 2.97. The highest BCUT2D eigenvalue weighted by molar-refractivity contribution is 7.71. The summed E-state index contributed by atoms with van der Waals surface area (Å²) in [6.07, 6.45) is -2.87. The second-order valence-electron chi connectivity index (χ2n) is 4.73. The molecule has 0 aliphatic carbocycles. The van der Waals surface area contributed by atoms with Gasteiger partial charge in [0, 0.05) is 5.56 Å². The van der Waals surface area contributed by atoms with Gasteiger partial charge in [-0.05, 0) is 23.6 Å². The first-order valence-electron chi connectivity index (χ1n) is 6.06. The highest BCUT2D eigenvalue weighted by Gasteiger charge is 2.30. The van der Waals surface area contributed by atoms with Gasteiger partial charge >= 0.3 is 6.18 Å². The smallest absolute Gasteiger partial charge is 0.346 e. The molecule has 0 aliphatic heterocycles. The Labute approximate surface area is 119 Å². The molecule has 2 rings (SSSR count). The van der Waals surface area contributed by atoms with Crippen molar-refractivity contribution in [3.63, 3.8) is 0 Å². The largest absolute Gasteiger partial charge is 0.416 e. The molecule has 2 aromatic rings. The number of halogens is 3. The van der Waals surface area contributed by atoms with E-state index in [4.69, 9.17) is 12.2 Å². The summed E-state index contributed by atoms with van der Waals surface area (Å²) in [5, 5.41) is 0. The lowest BCUT2D eigenvalue weighted by atomic mass is 9.98. The molecule has 0 aliphatic rings. The molecule has 1 N–H and O–H groups in total. The van der Waals surface area contributed by atoms with Crippen LogP contribution in [0.5, 0.6) is 0 Å². The van der Waals surface area contributed by atoms with Crippen molar-refractivity contribution in [2.75, 3.05) is 0 Å². The lowest BCUT2D eigenvalue weighted by Crippen LogP contribution is -2.04. The molecule has 0 radical (unpaired) electrons. The molecular weight excluding hydrogens is 285 g/mol. The fourth-order valence-electron chi connectivity index (χ4n) is 2.01. The molecule has 0 bridgehead atoms. The molecule has 0 unspecified atom stereocenters. The number of rotatable bonds is 2. The second-order valence-corrected chi connectivity index (χ2v) is 5.11. The van der Waals surface area contributed by atoms with E-state index in [9.17, 15) is 13.2 Å². The molecule has 0 amide bonds. The summed E-state index contributed by atoms with van der Waals surface area (Å²) in [6.45, 7) is 3.93. The van der Waals surface area contributed by atoms with E-state index in [2.05, 4.69) is 9.97 Å². The van der Waals surface area contributed by atoms with Crippen LogP contribution in [0.3, 0.4) is 0 Å². The van der Waals surface area contributed by atoms with Crippen molar-refractivity contribution in [1.29, 1.82) is 0 Å². The number of H-pyrrole nitrogens is 1. The van der Waals surface area contributed by atoms with Crippen molar-refractivity contribution in [2.45, 2.75) is 25.9 Å². The van der Waals surface area contributed by atoms with Gasteiger partial charge in [-0.2, -0.15) is 13.2 Å². The first kappa shape index (κ1) is 14.7. The van der Waals surface area contributed by atoms with Gasteiger partial charge in [-0.15, -0.1) is 0 Å². The number of aromatic nitrogens is 2. The van der Waals surface area contributed by atoms with Crippen LogP contribution in [0.15, 0.2) is 30.6 Å². The Hall–Kier alpha value is -1.69. The summed E-state index contributed by atoms with van der Waals surface area (Å²) in [6, 6.07) is 5.01. The second kappa shape index (κ2) is 5.36. The molecular formula is C14H13F3N2S.